The van der Waals surface area contributed by atoms with Crippen LogP contribution in [0.1, 0.15) is 58.8 Å². The van der Waals surface area contributed by atoms with E-state index in [1.54, 1.807) is 4.68 Å². The minimum Gasteiger partial charge on any atom is -0.462 e. The van der Waals surface area contributed by atoms with Crippen molar-refractivity contribution in [1.82, 2.24) is 19.4 Å². The molecule has 1 amide bonds. The lowest BCUT2D eigenvalue weighted by molar-refractivity contribution is 0.0160. The van der Waals surface area contributed by atoms with E-state index in [0.717, 1.165) is 30.5 Å². The average molecular weight is 575 g/mol. The third kappa shape index (κ3) is 5.95. The molecule has 0 saturated carbocycles. The second-order valence-corrected chi connectivity index (χ2v) is 12.9. The van der Waals surface area contributed by atoms with Crippen LogP contribution < -0.4 is 5.32 Å². The van der Waals surface area contributed by atoms with Crippen molar-refractivity contribution in [1.29, 1.82) is 0 Å². The van der Waals surface area contributed by atoms with Crippen LogP contribution in [0.25, 0.3) is 0 Å². The van der Waals surface area contributed by atoms with E-state index in [4.69, 9.17) is 19.3 Å². The van der Waals surface area contributed by atoms with Crippen LogP contribution in [0.15, 0.2) is 29.2 Å². The summed E-state index contributed by atoms with van der Waals surface area (Å²) >= 11 is 0. The molecule has 1 atom stereocenters. The van der Waals surface area contributed by atoms with E-state index in [1.165, 1.54) is 28.6 Å². The van der Waals surface area contributed by atoms with Crippen LogP contribution in [0.3, 0.4) is 0 Å². The van der Waals surface area contributed by atoms with Crippen LogP contribution in [0.5, 0.6) is 0 Å². The van der Waals surface area contributed by atoms with Crippen molar-refractivity contribution in [3.8, 4) is 0 Å². The molecule has 0 unspecified atom stereocenters. The number of aromatic nitrogens is 2. The maximum atomic E-state index is 13.0. The highest BCUT2D eigenvalue weighted by Crippen LogP contribution is 2.38. The van der Waals surface area contributed by atoms with Crippen molar-refractivity contribution < 1.29 is 32.2 Å². The fourth-order valence-corrected chi connectivity index (χ4v) is 7.13. The van der Waals surface area contributed by atoms with Gasteiger partial charge in [-0.05, 0) is 68.2 Å². The number of fused-ring (bicyclic) bond motifs is 1. The molecule has 12 heteroatoms. The molecule has 0 radical (unpaired) electrons. The summed E-state index contributed by atoms with van der Waals surface area (Å²) in [6, 6.07) is 5.84. The first-order valence-electron chi connectivity index (χ1n) is 14.0. The highest BCUT2D eigenvalue weighted by Gasteiger charge is 2.40. The van der Waals surface area contributed by atoms with Crippen LogP contribution >= 0.6 is 0 Å². The van der Waals surface area contributed by atoms with Gasteiger partial charge in [0.05, 0.1) is 36.0 Å². The van der Waals surface area contributed by atoms with Gasteiger partial charge in [-0.1, -0.05) is 6.92 Å². The summed E-state index contributed by atoms with van der Waals surface area (Å²) in [5.41, 5.74) is 2.76. The van der Waals surface area contributed by atoms with Gasteiger partial charge in [0.2, 0.25) is 10.0 Å². The largest absolute Gasteiger partial charge is 0.462 e. The quantitative estimate of drug-likeness (QED) is 0.475. The maximum absolute atomic E-state index is 13.0. The molecule has 1 aromatic heterocycles. The standard InChI is InChI=1S/C28H38N4O7S/c1-3-32-25-23(17-28(19-29-26(25)33)8-12-37-13-9-28)24(30-32)16-20(2)18-39-27(34)21-4-6-22(7-5-21)40(35,36)31-10-14-38-15-11-31/h4-7,20H,3,8-19H2,1-2H3,(H,29,33)/t20-/m1/s1. The highest BCUT2D eigenvalue weighted by atomic mass is 32.2. The third-order valence-corrected chi connectivity index (χ3v) is 10.0. The van der Waals surface area contributed by atoms with Crippen LogP contribution in [0.4, 0.5) is 0 Å². The number of rotatable bonds is 8. The lowest BCUT2D eigenvalue weighted by atomic mass is 9.75. The van der Waals surface area contributed by atoms with Gasteiger partial charge in [0.1, 0.15) is 5.69 Å². The smallest absolute Gasteiger partial charge is 0.338 e. The van der Waals surface area contributed by atoms with Gasteiger partial charge in [0.15, 0.2) is 0 Å². The van der Waals surface area contributed by atoms with Gasteiger partial charge in [-0.2, -0.15) is 9.40 Å². The van der Waals surface area contributed by atoms with E-state index in [0.29, 0.717) is 64.7 Å². The normalized spacial score (nSPS) is 20.4. The van der Waals surface area contributed by atoms with E-state index in [2.05, 4.69) is 5.32 Å². The number of benzene rings is 1. The number of sulfonamides is 1. The Labute approximate surface area is 235 Å². The summed E-state index contributed by atoms with van der Waals surface area (Å²) in [4.78, 5) is 25.9. The van der Waals surface area contributed by atoms with Crippen molar-refractivity contribution in [2.75, 3.05) is 52.7 Å². The van der Waals surface area contributed by atoms with E-state index in [1.807, 2.05) is 13.8 Å². The van der Waals surface area contributed by atoms with Crippen LogP contribution in [-0.4, -0.2) is 87.0 Å². The molecule has 218 valence electrons. The van der Waals surface area contributed by atoms with Gasteiger partial charge < -0.3 is 19.5 Å². The number of morpholine rings is 1. The maximum Gasteiger partial charge on any atom is 0.338 e. The van der Waals surface area contributed by atoms with Gasteiger partial charge in [-0.25, -0.2) is 13.2 Å². The molecule has 2 aromatic rings. The number of hydrogen-bond donors (Lipinski definition) is 1. The van der Waals surface area contributed by atoms with E-state index in [9.17, 15) is 18.0 Å². The molecular weight excluding hydrogens is 536 g/mol. The molecular formula is C28H38N4O7S. The molecule has 3 aliphatic heterocycles. The first-order chi connectivity index (χ1) is 19.2. The Hall–Kier alpha value is -2.80. The SMILES string of the molecule is CCn1nc(C[C@@H](C)COC(=O)c2ccc(S(=O)(=O)N3CCOCC3)cc2)c2c1C(=O)NCC1(CCOCC1)C2. The van der Waals surface area contributed by atoms with Crippen molar-refractivity contribution in [2.45, 2.75) is 51.0 Å². The summed E-state index contributed by atoms with van der Waals surface area (Å²) in [5, 5.41) is 7.91. The van der Waals surface area contributed by atoms with Gasteiger partial charge >= 0.3 is 5.97 Å². The number of carbonyl (C=O) groups is 2. The topological polar surface area (TPSA) is 129 Å². The van der Waals surface area contributed by atoms with Crippen molar-refractivity contribution in [3.63, 3.8) is 0 Å². The van der Waals surface area contributed by atoms with E-state index in [-0.39, 0.29) is 34.3 Å². The molecule has 3 aliphatic rings. The average Bonchev–Trinajstić information content (AvgIpc) is 3.24. The zero-order valence-corrected chi connectivity index (χ0v) is 24.0. The van der Waals surface area contributed by atoms with Crippen LogP contribution in [0.2, 0.25) is 0 Å². The van der Waals surface area contributed by atoms with Gasteiger partial charge in [-0.3, -0.25) is 9.48 Å². The fourth-order valence-electron chi connectivity index (χ4n) is 5.72. The Morgan fingerprint density at radius 2 is 1.80 bits per heavy atom. The predicted octanol–water partition coefficient (Wildman–Crippen LogP) is 2.04. The van der Waals surface area contributed by atoms with E-state index >= 15 is 0 Å². The molecule has 4 heterocycles. The van der Waals surface area contributed by atoms with Crippen molar-refractivity contribution in [3.05, 3.63) is 46.8 Å². The Kier molecular flexibility index (Phi) is 8.60. The summed E-state index contributed by atoms with van der Waals surface area (Å²) in [7, 11) is -3.63. The number of ether oxygens (including phenoxy) is 3. The molecule has 11 nitrogen and oxygen atoms in total. The van der Waals surface area contributed by atoms with Crippen LogP contribution in [-0.2, 0) is 43.6 Å². The monoisotopic (exact) mass is 574 g/mol. The highest BCUT2D eigenvalue weighted by molar-refractivity contribution is 7.89. The lowest BCUT2D eigenvalue weighted by Crippen LogP contribution is -2.40. The molecule has 1 aromatic carbocycles. The zero-order valence-electron chi connectivity index (χ0n) is 23.2. The Bertz CT molecular complexity index is 1330. The number of esters is 1. The van der Waals surface area contributed by atoms with Crippen molar-refractivity contribution >= 4 is 21.9 Å². The fraction of sp³-hybridized carbons (Fsp3) is 0.607. The van der Waals surface area contributed by atoms with Gasteiger partial charge in [0, 0.05) is 45.0 Å². The third-order valence-electron chi connectivity index (χ3n) is 8.12. The number of aryl methyl sites for hydroxylation is 1. The Morgan fingerprint density at radius 3 is 2.48 bits per heavy atom. The number of carbonyl (C=O) groups excluding carboxylic acids is 2. The Balaban J connectivity index is 1.23. The molecule has 40 heavy (non-hydrogen) atoms. The second-order valence-electron chi connectivity index (χ2n) is 11.0. The van der Waals surface area contributed by atoms with Crippen molar-refractivity contribution in [2.24, 2.45) is 11.3 Å². The predicted molar refractivity (Wildman–Crippen MR) is 146 cm³/mol. The number of nitrogens with one attached hydrogen (secondary N) is 1. The molecule has 1 spiro atoms. The van der Waals surface area contributed by atoms with E-state index < -0.39 is 16.0 Å². The van der Waals surface area contributed by atoms with Gasteiger partial charge in [0.25, 0.3) is 5.91 Å². The number of hydrogen-bond acceptors (Lipinski definition) is 8. The minimum absolute atomic E-state index is 0.0351. The second kappa shape index (κ2) is 12.0. The lowest BCUT2D eigenvalue weighted by Gasteiger charge is -2.36. The Morgan fingerprint density at radius 1 is 1.12 bits per heavy atom. The summed E-state index contributed by atoms with van der Waals surface area (Å²) in [6.07, 6.45) is 3.12. The molecule has 5 rings (SSSR count). The molecule has 1 N–H and O–H groups in total. The number of nitrogens with zero attached hydrogens (tertiary/aromatic N) is 3. The molecule has 0 bridgehead atoms. The minimum atomic E-state index is -3.63. The molecule has 2 saturated heterocycles. The summed E-state index contributed by atoms with van der Waals surface area (Å²) in [5.74, 6) is -0.635. The molecule has 2 fully saturated rings. The summed E-state index contributed by atoms with van der Waals surface area (Å²) < 4.78 is 45.3. The zero-order chi connectivity index (χ0) is 28.3. The van der Waals surface area contributed by atoms with Crippen LogP contribution in [0, 0.1) is 11.3 Å². The number of amides is 1. The summed E-state index contributed by atoms with van der Waals surface area (Å²) in [6.45, 7) is 8.09. The molecule has 0 aliphatic carbocycles. The first-order valence-corrected chi connectivity index (χ1v) is 15.5. The first kappa shape index (κ1) is 28.7. The van der Waals surface area contributed by atoms with Gasteiger partial charge in [-0.15, -0.1) is 0 Å².